The summed E-state index contributed by atoms with van der Waals surface area (Å²) in [4.78, 5) is 22.9. The highest BCUT2D eigenvalue weighted by atomic mass is 35.5. The number of amides is 1. The summed E-state index contributed by atoms with van der Waals surface area (Å²) in [6, 6.07) is 11.4. The number of benzene rings is 2. The molecule has 0 aliphatic carbocycles. The van der Waals surface area contributed by atoms with Crippen molar-refractivity contribution in [1.82, 2.24) is 14.9 Å². The zero-order valence-electron chi connectivity index (χ0n) is 14.4. The standard InChI is InChI=1S/C20H17ClFN3O2/c21-13-4-1-3-12(9-13)10-15-5-2-8-25(15)20(27)18-19(26)24-16-7-6-14(22)11-17(16)23-18/h1,3-4,6-7,9,11,15H,2,5,8,10H2,(H,24,26). The highest BCUT2D eigenvalue weighted by molar-refractivity contribution is 6.30. The van der Waals surface area contributed by atoms with Crippen LogP contribution < -0.4 is 0 Å². The van der Waals surface area contributed by atoms with Gasteiger partial charge >= 0.3 is 0 Å². The minimum Gasteiger partial charge on any atom is -0.492 e. The highest BCUT2D eigenvalue weighted by Gasteiger charge is 2.32. The third-order valence-electron chi connectivity index (χ3n) is 4.81. The lowest BCUT2D eigenvalue weighted by atomic mass is 10.0. The van der Waals surface area contributed by atoms with Gasteiger partial charge in [0.05, 0.1) is 11.0 Å². The fourth-order valence-electron chi connectivity index (χ4n) is 3.55. The number of nitrogens with zero attached hydrogens (tertiary/aromatic N) is 3. The predicted octanol–water partition coefficient (Wildman–Crippen LogP) is 3.98. The van der Waals surface area contributed by atoms with E-state index in [1.807, 2.05) is 24.3 Å². The van der Waals surface area contributed by atoms with Crippen LogP contribution in [0.4, 0.5) is 4.39 Å². The molecule has 0 saturated carbocycles. The topological polar surface area (TPSA) is 66.3 Å². The van der Waals surface area contributed by atoms with Crippen molar-refractivity contribution in [1.29, 1.82) is 0 Å². The van der Waals surface area contributed by atoms with Crippen LogP contribution in [0.2, 0.25) is 5.02 Å². The number of carbonyl (C=O) groups excluding carboxylic acids is 1. The van der Waals surface area contributed by atoms with Crippen LogP contribution in [0, 0.1) is 5.82 Å². The largest absolute Gasteiger partial charge is 0.492 e. The van der Waals surface area contributed by atoms with Crippen molar-refractivity contribution in [2.75, 3.05) is 6.54 Å². The summed E-state index contributed by atoms with van der Waals surface area (Å²) in [6.07, 6.45) is 2.39. The Morgan fingerprint density at radius 2 is 2.07 bits per heavy atom. The van der Waals surface area contributed by atoms with Crippen molar-refractivity contribution in [3.63, 3.8) is 0 Å². The molecule has 1 aliphatic rings. The van der Waals surface area contributed by atoms with E-state index in [1.54, 1.807) is 4.90 Å². The van der Waals surface area contributed by atoms with E-state index in [9.17, 15) is 14.3 Å². The van der Waals surface area contributed by atoms with Crippen molar-refractivity contribution >= 4 is 28.5 Å². The number of hydrogen-bond acceptors (Lipinski definition) is 4. The van der Waals surface area contributed by atoms with E-state index < -0.39 is 17.6 Å². The van der Waals surface area contributed by atoms with Gasteiger partial charge in [0, 0.05) is 23.7 Å². The number of aromatic nitrogens is 2. The number of carbonyl (C=O) groups is 1. The van der Waals surface area contributed by atoms with Crippen LogP contribution >= 0.6 is 11.6 Å². The molecule has 1 aliphatic heterocycles. The summed E-state index contributed by atoms with van der Waals surface area (Å²) >= 11 is 6.05. The van der Waals surface area contributed by atoms with Crippen LogP contribution in [0.25, 0.3) is 11.0 Å². The smallest absolute Gasteiger partial charge is 0.278 e. The maximum atomic E-state index is 13.5. The number of halogens is 2. The minimum absolute atomic E-state index is 0.0135. The lowest BCUT2D eigenvalue weighted by Gasteiger charge is -2.24. The van der Waals surface area contributed by atoms with Gasteiger partial charge in [0.1, 0.15) is 5.82 Å². The molecule has 2 aromatic carbocycles. The first-order chi connectivity index (χ1) is 13.0. The van der Waals surface area contributed by atoms with Gasteiger partial charge in [0.2, 0.25) is 5.88 Å². The minimum atomic E-state index is -0.471. The molecule has 2 heterocycles. The van der Waals surface area contributed by atoms with Crippen molar-refractivity contribution in [3.05, 3.63) is 64.6 Å². The van der Waals surface area contributed by atoms with Gasteiger partial charge in [0.25, 0.3) is 5.91 Å². The second-order valence-corrected chi connectivity index (χ2v) is 7.09. The summed E-state index contributed by atoms with van der Waals surface area (Å²) < 4.78 is 13.5. The summed E-state index contributed by atoms with van der Waals surface area (Å²) in [5.74, 6) is -1.30. The Labute approximate surface area is 160 Å². The second-order valence-electron chi connectivity index (χ2n) is 6.66. The summed E-state index contributed by atoms with van der Waals surface area (Å²) in [6.45, 7) is 0.576. The molecule has 1 fully saturated rings. The molecule has 5 nitrogen and oxygen atoms in total. The van der Waals surface area contributed by atoms with E-state index in [0.717, 1.165) is 18.4 Å². The molecule has 138 valence electrons. The van der Waals surface area contributed by atoms with Gasteiger partial charge in [-0.25, -0.2) is 14.4 Å². The molecule has 3 aromatic rings. The molecular weight excluding hydrogens is 369 g/mol. The van der Waals surface area contributed by atoms with Gasteiger partial charge in [-0.2, -0.15) is 0 Å². The quantitative estimate of drug-likeness (QED) is 0.740. The molecule has 1 saturated heterocycles. The maximum Gasteiger partial charge on any atom is 0.278 e. The fourth-order valence-corrected chi connectivity index (χ4v) is 3.76. The molecule has 1 aromatic heterocycles. The monoisotopic (exact) mass is 385 g/mol. The molecule has 4 rings (SSSR count). The first-order valence-electron chi connectivity index (χ1n) is 8.73. The van der Waals surface area contributed by atoms with E-state index in [-0.39, 0.29) is 17.3 Å². The Morgan fingerprint density at radius 1 is 1.22 bits per heavy atom. The van der Waals surface area contributed by atoms with E-state index in [1.165, 1.54) is 18.2 Å². The van der Waals surface area contributed by atoms with Crippen LogP contribution in [0.3, 0.4) is 0 Å². The zero-order chi connectivity index (χ0) is 19.0. The molecule has 0 bridgehead atoms. The Bertz CT molecular complexity index is 1030. The highest BCUT2D eigenvalue weighted by Crippen LogP contribution is 2.27. The van der Waals surface area contributed by atoms with Crippen LogP contribution in [0.1, 0.15) is 28.9 Å². The Balaban J connectivity index is 1.63. The van der Waals surface area contributed by atoms with Gasteiger partial charge in [0.15, 0.2) is 5.69 Å². The van der Waals surface area contributed by atoms with Crippen LogP contribution in [0.15, 0.2) is 42.5 Å². The molecule has 1 amide bonds. The molecule has 27 heavy (non-hydrogen) atoms. The maximum absolute atomic E-state index is 13.5. The van der Waals surface area contributed by atoms with E-state index in [2.05, 4.69) is 9.97 Å². The molecule has 1 atom stereocenters. The van der Waals surface area contributed by atoms with Gasteiger partial charge in [-0.1, -0.05) is 23.7 Å². The zero-order valence-corrected chi connectivity index (χ0v) is 15.2. The van der Waals surface area contributed by atoms with Crippen molar-refractivity contribution in [2.24, 2.45) is 0 Å². The van der Waals surface area contributed by atoms with Crippen LogP contribution in [-0.4, -0.2) is 38.5 Å². The first-order valence-corrected chi connectivity index (χ1v) is 9.11. The summed E-state index contributed by atoms with van der Waals surface area (Å²) in [7, 11) is 0. The van der Waals surface area contributed by atoms with Gasteiger partial charge in [-0.15, -0.1) is 0 Å². The van der Waals surface area contributed by atoms with Crippen molar-refractivity contribution < 1.29 is 14.3 Å². The molecule has 0 radical (unpaired) electrons. The average molecular weight is 386 g/mol. The van der Waals surface area contributed by atoms with E-state index in [0.29, 0.717) is 23.5 Å². The Morgan fingerprint density at radius 3 is 2.89 bits per heavy atom. The number of hydrogen-bond donors (Lipinski definition) is 1. The van der Waals surface area contributed by atoms with E-state index in [4.69, 9.17) is 11.6 Å². The number of likely N-dealkylation sites (tertiary alicyclic amines) is 1. The van der Waals surface area contributed by atoms with Crippen molar-refractivity contribution in [2.45, 2.75) is 25.3 Å². The lowest BCUT2D eigenvalue weighted by Crippen LogP contribution is -2.37. The Hall–Kier alpha value is -2.73. The summed E-state index contributed by atoms with van der Waals surface area (Å²) in [5, 5.41) is 10.8. The second kappa shape index (κ2) is 7.12. The van der Waals surface area contributed by atoms with Crippen molar-refractivity contribution in [3.8, 4) is 5.88 Å². The number of aromatic hydroxyl groups is 1. The third-order valence-corrected chi connectivity index (χ3v) is 5.04. The molecule has 0 spiro atoms. The van der Waals surface area contributed by atoms with Crippen LogP contribution in [-0.2, 0) is 6.42 Å². The SMILES string of the molecule is O=C(c1nc2cc(F)ccc2nc1O)N1CCCC1Cc1cccc(Cl)c1. The molecule has 1 N–H and O–H groups in total. The van der Waals surface area contributed by atoms with Crippen LogP contribution in [0.5, 0.6) is 5.88 Å². The van der Waals surface area contributed by atoms with Gasteiger partial charge in [-0.3, -0.25) is 4.79 Å². The number of rotatable bonds is 3. The molecule has 7 heteroatoms. The Kier molecular flexibility index (Phi) is 4.66. The molecule has 1 unspecified atom stereocenters. The first kappa shape index (κ1) is 17.7. The third kappa shape index (κ3) is 3.57. The lowest BCUT2D eigenvalue weighted by molar-refractivity contribution is 0.0726. The van der Waals surface area contributed by atoms with E-state index >= 15 is 0 Å². The summed E-state index contributed by atoms with van der Waals surface area (Å²) in [5.41, 5.74) is 1.47. The normalized spacial score (nSPS) is 16.8. The molecular formula is C20H17ClFN3O2. The average Bonchev–Trinajstić information content (AvgIpc) is 3.09. The fraction of sp³-hybridized carbons (Fsp3) is 0.250. The van der Waals surface area contributed by atoms with Gasteiger partial charge < -0.3 is 10.0 Å². The number of fused-ring (bicyclic) bond motifs is 1. The predicted molar refractivity (Wildman–Crippen MR) is 100 cm³/mol. The van der Waals surface area contributed by atoms with Gasteiger partial charge in [-0.05, 0) is 49.1 Å².